The number of amides is 1. The lowest BCUT2D eigenvalue weighted by Gasteiger charge is -2.06. The zero-order valence-corrected chi connectivity index (χ0v) is 8.56. The van der Waals surface area contributed by atoms with Gasteiger partial charge in [0, 0.05) is 5.92 Å². The molecule has 1 aliphatic rings. The molecule has 0 bridgehead atoms. The van der Waals surface area contributed by atoms with Crippen molar-refractivity contribution in [3.63, 3.8) is 0 Å². The summed E-state index contributed by atoms with van der Waals surface area (Å²) in [4.78, 5) is 11.4. The second kappa shape index (κ2) is 3.81. The van der Waals surface area contributed by atoms with Gasteiger partial charge in [0.25, 0.3) is 0 Å². The average molecular weight is 229 g/mol. The van der Waals surface area contributed by atoms with Crippen molar-refractivity contribution in [1.82, 2.24) is 0 Å². The van der Waals surface area contributed by atoms with Crippen LogP contribution in [0.15, 0.2) is 12.1 Å². The third-order valence-electron chi connectivity index (χ3n) is 2.74. The van der Waals surface area contributed by atoms with Crippen LogP contribution in [0.2, 0.25) is 0 Å². The van der Waals surface area contributed by atoms with E-state index in [0.29, 0.717) is 0 Å². The Balaban J connectivity index is 2.16. The lowest BCUT2D eigenvalue weighted by Crippen LogP contribution is -2.16. The van der Waals surface area contributed by atoms with Crippen molar-refractivity contribution in [2.24, 2.45) is 11.8 Å². The number of halogens is 3. The molecule has 0 radical (unpaired) electrons. The molecular formula is C11H10F3NO. The molecule has 5 heteroatoms. The molecule has 1 amide bonds. The Labute approximate surface area is 90.5 Å². The number of nitrogens with one attached hydrogen (secondary N) is 1. The van der Waals surface area contributed by atoms with Gasteiger partial charge in [-0.3, -0.25) is 4.79 Å². The summed E-state index contributed by atoms with van der Waals surface area (Å²) in [5.41, 5.74) is -0.317. The van der Waals surface area contributed by atoms with Gasteiger partial charge in [0.05, 0.1) is 5.69 Å². The molecule has 1 saturated carbocycles. The molecule has 0 aromatic heterocycles. The van der Waals surface area contributed by atoms with E-state index in [1.54, 1.807) is 0 Å². The summed E-state index contributed by atoms with van der Waals surface area (Å²) < 4.78 is 38.6. The number of hydrogen-bond donors (Lipinski definition) is 1. The molecule has 0 saturated heterocycles. The Morgan fingerprint density at radius 2 is 1.94 bits per heavy atom. The van der Waals surface area contributed by atoms with Crippen LogP contribution in [0.25, 0.3) is 0 Å². The highest BCUT2D eigenvalue weighted by atomic mass is 19.2. The van der Waals surface area contributed by atoms with Crippen LogP contribution in [0.4, 0.5) is 18.9 Å². The van der Waals surface area contributed by atoms with Gasteiger partial charge >= 0.3 is 0 Å². The van der Waals surface area contributed by atoms with E-state index < -0.39 is 17.5 Å². The summed E-state index contributed by atoms with van der Waals surface area (Å²) in [5.74, 6) is -4.42. The first-order chi connectivity index (χ1) is 7.50. The molecule has 16 heavy (non-hydrogen) atoms. The van der Waals surface area contributed by atoms with Crippen molar-refractivity contribution in [2.45, 2.75) is 13.3 Å². The highest BCUT2D eigenvalue weighted by Gasteiger charge is 2.39. The van der Waals surface area contributed by atoms with Crippen LogP contribution in [0.3, 0.4) is 0 Å². The number of rotatable bonds is 2. The van der Waals surface area contributed by atoms with Crippen LogP contribution >= 0.6 is 0 Å². The molecule has 86 valence electrons. The van der Waals surface area contributed by atoms with E-state index in [1.807, 2.05) is 6.92 Å². The van der Waals surface area contributed by atoms with Gasteiger partial charge in [-0.25, -0.2) is 13.2 Å². The van der Waals surface area contributed by atoms with Crippen molar-refractivity contribution < 1.29 is 18.0 Å². The summed E-state index contributed by atoms with van der Waals surface area (Å²) in [6, 6.07) is 1.79. The SMILES string of the molecule is C[C@@H]1C[C@H]1C(=O)Nc1ccc(F)c(F)c1F. The lowest BCUT2D eigenvalue weighted by atomic mass is 10.2. The van der Waals surface area contributed by atoms with E-state index in [9.17, 15) is 18.0 Å². The van der Waals surface area contributed by atoms with Crippen molar-refractivity contribution in [3.05, 3.63) is 29.6 Å². The van der Waals surface area contributed by atoms with Crippen LogP contribution in [0.1, 0.15) is 13.3 Å². The highest BCUT2D eigenvalue weighted by Crippen LogP contribution is 2.38. The molecule has 0 aliphatic heterocycles. The molecule has 0 spiro atoms. The largest absolute Gasteiger partial charge is 0.323 e. The number of carbonyl (C=O) groups excluding carboxylic acids is 1. The van der Waals surface area contributed by atoms with Crippen molar-refractivity contribution >= 4 is 11.6 Å². The maximum absolute atomic E-state index is 13.2. The fraction of sp³-hybridized carbons (Fsp3) is 0.364. The smallest absolute Gasteiger partial charge is 0.227 e. The molecule has 1 aromatic rings. The monoisotopic (exact) mass is 229 g/mol. The zero-order chi connectivity index (χ0) is 11.9. The summed E-state index contributed by atoms with van der Waals surface area (Å²) in [6.45, 7) is 1.89. The lowest BCUT2D eigenvalue weighted by molar-refractivity contribution is -0.117. The summed E-state index contributed by atoms with van der Waals surface area (Å²) in [6.07, 6.45) is 0.747. The second-order valence-corrected chi connectivity index (χ2v) is 4.03. The van der Waals surface area contributed by atoms with Gasteiger partial charge in [-0.15, -0.1) is 0 Å². The first-order valence-electron chi connectivity index (χ1n) is 4.95. The maximum atomic E-state index is 13.2. The number of carbonyl (C=O) groups is 1. The van der Waals surface area contributed by atoms with Crippen LogP contribution in [-0.2, 0) is 4.79 Å². The third-order valence-corrected chi connectivity index (χ3v) is 2.74. The number of anilines is 1. The molecule has 1 aliphatic carbocycles. The van der Waals surface area contributed by atoms with Crippen LogP contribution in [0.5, 0.6) is 0 Å². The molecule has 0 unspecified atom stereocenters. The van der Waals surface area contributed by atoms with E-state index in [0.717, 1.165) is 18.6 Å². The van der Waals surface area contributed by atoms with Gasteiger partial charge in [-0.2, -0.15) is 0 Å². The first kappa shape index (κ1) is 11.0. The van der Waals surface area contributed by atoms with E-state index in [1.165, 1.54) is 0 Å². The molecule has 0 heterocycles. The van der Waals surface area contributed by atoms with Crippen LogP contribution < -0.4 is 5.32 Å². The Bertz CT molecular complexity index is 447. The van der Waals surface area contributed by atoms with Crippen molar-refractivity contribution in [2.75, 3.05) is 5.32 Å². The molecule has 1 N–H and O–H groups in total. The van der Waals surface area contributed by atoms with Crippen molar-refractivity contribution in [1.29, 1.82) is 0 Å². The Hall–Kier alpha value is -1.52. The quantitative estimate of drug-likeness (QED) is 0.776. The Kier molecular flexibility index (Phi) is 2.61. The van der Waals surface area contributed by atoms with Crippen molar-refractivity contribution in [3.8, 4) is 0 Å². The standard InChI is InChI=1S/C11H10F3NO/c1-5-4-6(5)11(16)15-8-3-2-7(12)9(13)10(8)14/h2-3,5-6H,4H2,1H3,(H,15,16)/t5-,6-/m1/s1. The molecule has 1 aromatic carbocycles. The van der Waals surface area contributed by atoms with Gasteiger partial charge in [0.15, 0.2) is 17.5 Å². The highest BCUT2D eigenvalue weighted by molar-refractivity contribution is 5.94. The predicted molar refractivity (Wildman–Crippen MR) is 52.2 cm³/mol. The van der Waals surface area contributed by atoms with Gasteiger partial charge < -0.3 is 5.32 Å². The maximum Gasteiger partial charge on any atom is 0.227 e. The summed E-state index contributed by atoms with van der Waals surface area (Å²) in [7, 11) is 0. The van der Waals surface area contributed by atoms with Crippen LogP contribution in [-0.4, -0.2) is 5.91 Å². The van der Waals surface area contributed by atoms with Gasteiger partial charge in [0.2, 0.25) is 5.91 Å². The van der Waals surface area contributed by atoms with Gasteiger partial charge in [-0.1, -0.05) is 6.92 Å². The fourth-order valence-corrected chi connectivity index (χ4v) is 1.54. The second-order valence-electron chi connectivity index (χ2n) is 4.03. The van der Waals surface area contributed by atoms with Gasteiger partial charge in [0.1, 0.15) is 0 Å². The normalized spacial score (nSPS) is 23.0. The van der Waals surface area contributed by atoms with E-state index in [2.05, 4.69) is 5.32 Å². The fourth-order valence-electron chi connectivity index (χ4n) is 1.54. The minimum atomic E-state index is -1.57. The topological polar surface area (TPSA) is 29.1 Å². The van der Waals surface area contributed by atoms with E-state index >= 15 is 0 Å². The zero-order valence-electron chi connectivity index (χ0n) is 8.56. The van der Waals surface area contributed by atoms with Gasteiger partial charge in [-0.05, 0) is 24.5 Å². The molecule has 2 nitrogen and oxygen atoms in total. The van der Waals surface area contributed by atoms with Crippen LogP contribution in [0, 0.1) is 29.3 Å². The molecule has 2 atom stereocenters. The average Bonchev–Trinajstić information content (AvgIpc) is 2.96. The Morgan fingerprint density at radius 3 is 2.50 bits per heavy atom. The molecule has 1 fully saturated rings. The summed E-state index contributed by atoms with van der Waals surface area (Å²) >= 11 is 0. The van der Waals surface area contributed by atoms with E-state index in [4.69, 9.17) is 0 Å². The molecular weight excluding hydrogens is 219 g/mol. The summed E-state index contributed by atoms with van der Waals surface area (Å²) in [5, 5.41) is 2.25. The molecule has 2 rings (SSSR count). The number of hydrogen-bond acceptors (Lipinski definition) is 1. The first-order valence-corrected chi connectivity index (χ1v) is 4.95. The van der Waals surface area contributed by atoms with E-state index in [-0.39, 0.29) is 23.4 Å². The predicted octanol–water partition coefficient (Wildman–Crippen LogP) is 2.70. The minimum Gasteiger partial charge on any atom is -0.323 e. The third kappa shape index (κ3) is 1.89. The Morgan fingerprint density at radius 1 is 1.31 bits per heavy atom. The number of benzene rings is 1. The minimum absolute atomic E-state index is 0.146.